The molecule has 0 N–H and O–H groups in total. The summed E-state index contributed by atoms with van der Waals surface area (Å²) in [5.74, 6) is 8.17. The number of rotatable bonds is 4. The van der Waals surface area contributed by atoms with Crippen molar-refractivity contribution in [3.05, 3.63) is 58.4 Å². The van der Waals surface area contributed by atoms with Crippen LogP contribution in [0.2, 0.25) is 0 Å². The lowest BCUT2D eigenvalue weighted by molar-refractivity contribution is 0.101. The van der Waals surface area contributed by atoms with Gasteiger partial charge in [0.2, 0.25) is 0 Å². The Labute approximate surface area is 180 Å². The fraction of sp³-hybridized carbons (Fsp3) is 0.481. The summed E-state index contributed by atoms with van der Waals surface area (Å²) in [5, 5.41) is 0. The van der Waals surface area contributed by atoms with Crippen molar-refractivity contribution in [2.45, 2.75) is 71.1 Å². The Bertz CT molecular complexity index is 1030. The lowest BCUT2D eigenvalue weighted by Crippen LogP contribution is -2.34. The highest BCUT2D eigenvalue weighted by molar-refractivity contribution is 5.93. The minimum Gasteiger partial charge on any atom is -0.493 e. The molecule has 1 aromatic carbocycles. The quantitative estimate of drug-likeness (QED) is 0.478. The highest BCUT2D eigenvalue weighted by Gasteiger charge is 2.40. The molecule has 156 valence electrons. The molecule has 2 aliphatic rings. The number of carbonyl (C=O) groups excluding carboxylic acids is 1. The summed E-state index contributed by atoms with van der Waals surface area (Å²) >= 11 is 0. The van der Waals surface area contributed by atoms with Gasteiger partial charge in [0.15, 0.2) is 5.78 Å². The number of ether oxygens (including phenoxy) is 1. The smallest absolute Gasteiger partial charge is 0.161 e. The van der Waals surface area contributed by atoms with E-state index < -0.39 is 0 Å². The van der Waals surface area contributed by atoms with Gasteiger partial charge >= 0.3 is 0 Å². The second-order valence-electron chi connectivity index (χ2n) is 10.2. The molecule has 0 unspecified atom stereocenters. The lowest BCUT2D eigenvalue weighted by Gasteiger charge is -2.42. The van der Waals surface area contributed by atoms with Crippen LogP contribution in [0.25, 0.3) is 0 Å². The number of benzene rings is 1. The predicted octanol–water partition coefficient (Wildman–Crippen LogP) is 5.82. The Balaban J connectivity index is 1.74. The van der Waals surface area contributed by atoms with Gasteiger partial charge < -0.3 is 4.74 Å². The molecule has 0 saturated heterocycles. The standard InChI is InChI=1S/C27H31NO2/c1-18(29)21-9-11-22(28-16-21)10-8-20-14-23-25(24(15-20)30-17-19-6-7-19)27(4,5)13-12-26(23,2)3/h9,11,14-16,19H,6-7,12-13,17H2,1-5H3. The van der Waals surface area contributed by atoms with Gasteiger partial charge in [0.25, 0.3) is 0 Å². The highest BCUT2D eigenvalue weighted by Crippen LogP contribution is 2.50. The summed E-state index contributed by atoms with van der Waals surface area (Å²) in [6.07, 6.45) is 6.45. The zero-order valence-electron chi connectivity index (χ0n) is 18.8. The minimum atomic E-state index is 0.0130. The fourth-order valence-corrected chi connectivity index (χ4v) is 4.22. The van der Waals surface area contributed by atoms with Crippen LogP contribution in [0.5, 0.6) is 5.75 Å². The number of fused-ring (bicyclic) bond motifs is 1. The summed E-state index contributed by atoms with van der Waals surface area (Å²) < 4.78 is 6.37. The monoisotopic (exact) mass is 401 g/mol. The fourth-order valence-electron chi connectivity index (χ4n) is 4.22. The third-order valence-corrected chi connectivity index (χ3v) is 6.56. The molecule has 0 aliphatic heterocycles. The van der Waals surface area contributed by atoms with Crippen molar-refractivity contribution in [2.24, 2.45) is 5.92 Å². The van der Waals surface area contributed by atoms with Crippen LogP contribution in [0.15, 0.2) is 30.5 Å². The van der Waals surface area contributed by atoms with Crippen LogP contribution in [0, 0.1) is 17.8 Å². The molecule has 1 saturated carbocycles. The molecule has 1 fully saturated rings. The van der Waals surface area contributed by atoms with E-state index in [1.54, 1.807) is 25.3 Å². The normalized spacial score (nSPS) is 18.7. The van der Waals surface area contributed by atoms with Gasteiger partial charge in [-0.3, -0.25) is 4.79 Å². The van der Waals surface area contributed by atoms with Crippen LogP contribution < -0.4 is 4.74 Å². The molecule has 3 heteroatoms. The molecule has 0 atom stereocenters. The van der Waals surface area contributed by atoms with Crippen molar-refractivity contribution >= 4 is 5.78 Å². The van der Waals surface area contributed by atoms with E-state index >= 15 is 0 Å². The average Bonchev–Trinajstić information content (AvgIpc) is 3.53. The highest BCUT2D eigenvalue weighted by atomic mass is 16.5. The summed E-state index contributed by atoms with van der Waals surface area (Å²) in [7, 11) is 0. The Morgan fingerprint density at radius 3 is 2.47 bits per heavy atom. The van der Waals surface area contributed by atoms with Gasteiger partial charge in [0.1, 0.15) is 11.4 Å². The van der Waals surface area contributed by atoms with E-state index in [4.69, 9.17) is 4.74 Å². The van der Waals surface area contributed by atoms with E-state index in [0.717, 1.165) is 30.8 Å². The van der Waals surface area contributed by atoms with Gasteiger partial charge in [-0.2, -0.15) is 0 Å². The molecule has 30 heavy (non-hydrogen) atoms. The summed E-state index contributed by atoms with van der Waals surface area (Å²) in [4.78, 5) is 15.8. The molecular formula is C27H31NO2. The molecule has 4 rings (SSSR count). The van der Waals surface area contributed by atoms with E-state index in [1.165, 1.54) is 24.0 Å². The predicted molar refractivity (Wildman–Crippen MR) is 120 cm³/mol. The first-order valence-electron chi connectivity index (χ1n) is 11.0. The van der Waals surface area contributed by atoms with Crippen molar-refractivity contribution < 1.29 is 9.53 Å². The van der Waals surface area contributed by atoms with E-state index in [9.17, 15) is 4.79 Å². The number of carbonyl (C=O) groups is 1. The van der Waals surface area contributed by atoms with E-state index in [-0.39, 0.29) is 16.6 Å². The molecule has 2 aliphatic carbocycles. The number of Topliss-reactive ketones (excluding diaryl/α,β-unsaturated/α-hetero) is 1. The number of nitrogens with zero attached hydrogens (tertiary/aromatic N) is 1. The molecule has 2 aromatic rings. The Morgan fingerprint density at radius 1 is 1.10 bits per heavy atom. The van der Waals surface area contributed by atoms with Crippen LogP contribution in [0.1, 0.15) is 93.0 Å². The molecule has 1 heterocycles. The van der Waals surface area contributed by atoms with Gasteiger partial charge in [-0.25, -0.2) is 4.98 Å². The maximum Gasteiger partial charge on any atom is 0.161 e. The minimum absolute atomic E-state index is 0.0130. The van der Waals surface area contributed by atoms with E-state index in [0.29, 0.717) is 17.2 Å². The molecule has 1 aromatic heterocycles. The summed E-state index contributed by atoms with van der Waals surface area (Å²) in [5.41, 5.74) is 5.14. The maximum absolute atomic E-state index is 11.4. The van der Waals surface area contributed by atoms with Gasteiger partial charge in [-0.1, -0.05) is 33.6 Å². The number of aromatic nitrogens is 1. The van der Waals surface area contributed by atoms with Crippen molar-refractivity contribution in [3.63, 3.8) is 0 Å². The van der Waals surface area contributed by atoms with E-state index in [2.05, 4.69) is 56.7 Å². The van der Waals surface area contributed by atoms with Crippen molar-refractivity contribution in [1.82, 2.24) is 4.98 Å². The lowest BCUT2D eigenvalue weighted by atomic mass is 9.62. The molecule has 0 radical (unpaired) electrons. The van der Waals surface area contributed by atoms with Crippen molar-refractivity contribution in [1.29, 1.82) is 0 Å². The summed E-state index contributed by atoms with van der Waals surface area (Å²) in [6, 6.07) is 7.94. The molecule has 3 nitrogen and oxygen atoms in total. The first-order chi connectivity index (χ1) is 14.2. The largest absolute Gasteiger partial charge is 0.493 e. The zero-order chi connectivity index (χ0) is 21.5. The maximum atomic E-state index is 11.4. The van der Waals surface area contributed by atoms with Gasteiger partial charge in [-0.15, -0.1) is 0 Å². The third kappa shape index (κ3) is 4.29. The third-order valence-electron chi connectivity index (χ3n) is 6.56. The first-order valence-corrected chi connectivity index (χ1v) is 11.0. The number of ketones is 1. The topological polar surface area (TPSA) is 39.2 Å². The van der Waals surface area contributed by atoms with Gasteiger partial charge in [0.05, 0.1) is 6.61 Å². The van der Waals surface area contributed by atoms with Gasteiger partial charge in [0, 0.05) is 22.9 Å². The van der Waals surface area contributed by atoms with E-state index in [1.807, 2.05) is 0 Å². The molecular weight excluding hydrogens is 370 g/mol. The van der Waals surface area contributed by atoms with Crippen LogP contribution >= 0.6 is 0 Å². The number of hydrogen-bond donors (Lipinski definition) is 0. The Morgan fingerprint density at radius 2 is 1.83 bits per heavy atom. The van der Waals surface area contributed by atoms with Crippen molar-refractivity contribution in [3.8, 4) is 17.6 Å². The Hall–Kier alpha value is -2.60. The van der Waals surface area contributed by atoms with Crippen LogP contribution in [-0.4, -0.2) is 17.4 Å². The zero-order valence-corrected chi connectivity index (χ0v) is 18.8. The van der Waals surface area contributed by atoms with Gasteiger partial charge in [-0.05, 0) is 85.1 Å². The first kappa shape index (κ1) is 20.7. The Kier molecular flexibility index (Phi) is 5.22. The molecule has 0 bridgehead atoms. The molecule has 0 spiro atoms. The van der Waals surface area contributed by atoms with Crippen LogP contribution in [0.3, 0.4) is 0 Å². The number of pyridine rings is 1. The van der Waals surface area contributed by atoms with Crippen LogP contribution in [0.4, 0.5) is 0 Å². The van der Waals surface area contributed by atoms with Crippen molar-refractivity contribution in [2.75, 3.05) is 6.61 Å². The SMILES string of the molecule is CC(=O)c1ccc(C#Cc2cc(OCC3CC3)c3c(c2)C(C)(C)CCC3(C)C)nc1. The number of hydrogen-bond acceptors (Lipinski definition) is 3. The second kappa shape index (κ2) is 7.58. The second-order valence-corrected chi connectivity index (χ2v) is 10.2. The average molecular weight is 402 g/mol. The molecule has 0 amide bonds. The summed E-state index contributed by atoms with van der Waals surface area (Å²) in [6.45, 7) is 11.7. The van der Waals surface area contributed by atoms with Crippen LogP contribution in [-0.2, 0) is 10.8 Å².